The first kappa shape index (κ1) is 17.7. The molecule has 2 aromatic rings. The van der Waals surface area contributed by atoms with Crippen molar-refractivity contribution in [2.75, 3.05) is 26.1 Å². The number of hydrogen-bond acceptors (Lipinski definition) is 5. The number of amides is 1. The second kappa shape index (κ2) is 7.15. The molecule has 6 nitrogen and oxygen atoms in total. The van der Waals surface area contributed by atoms with E-state index in [0.717, 1.165) is 10.5 Å². The molecule has 0 aliphatic carbocycles. The van der Waals surface area contributed by atoms with E-state index >= 15 is 0 Å². The maximum atomic E-state index is 12.9. The third-order valence-electron chi connectivity index (χ3n) is 5.09. The molecule has 1 saturated heterocycles. The van der Waals surface area contributed by atoms with Crippen LogP contribution < -0.4 is 9.47 Å². The van der Waals surface area contributed by atoms with E-state index in [1.807, 2.05) is 30.5 Å². The van der Waals surface area contributed by atoms with Crippen LogP contribution >= 0.6 is 11.8 Å². The van der Waals surface area contributed by atoms with Crippen LogP contribution in [0.4, 0.5) is 0 Å². The minimum atomic E-state index is -0.898. The van der Waals surface area contributed by atoms with Gasteiger partial charge in [0.05, 0.1) is 5.92 Å². The zero-order valence-corrected chi connectivity index (χ0v) is 15.6. The number of carboxylic acids is 1. The van der Waals surface area contributed by atoms with E-state index in [4.69, 9.17) is 9.47 Å². The molecule has 2 aromatic carbocycles. The summed E-state index contributed by atoms with van der Waals surface area (Å²) in [4.78, 5) is 27.4. The normalized spacial score (nSPS) is 20.7. The molecule has 1 amide bonds. The number of carbonyl (C=O) groups is 2. The number of carbonyl (C=O) groups excluding carboxylic acids is 1. The van der Waals surface area contributed by atoms with Gasteiger partial charge in [-0.1, -0.05) is 6.07 Å². The molecule has 27 heavy (non-hydrogen) atoms. The van der Waals surface area contributed by atoms with Gasteiger partial charge in [0.1, 0.15) is 0 Å². The maximum absolute atomic E-state index is 12.9. The molecule has 2 aliphatic heterocycles. The number of aliphatic carboxylic acids is 1. The maximum Gasteiger partial charge on any atom is 0.308 e. The average molecular weight is 385 g/mol. The summed E-state index contributed by atoms with van der Waals surface area (Å²) < 4.78 is 10.7. The number of carboxylic acid groups (broad SMARTS) is 1. The molecule has 0 bridgehead atoms. The molecule has 0 unspecified atom stereocenters. The number of benzene rings is 2. The van der Waals surface area contributed by atoms with Crippen molar-refractivity contribution >= 4 is 23.6 Å². The van der Waals surface area contributed by atoms with E-state index in [1.165, 1.54) is 0 Å². The number of rotatable bonds is 4. The lowest BCUT2D eigenvalue weighted by molar-refractivity contribution is -0.141. The second-order valence-corrected chi connectivity index (χ2v) is 7.48. The van der Waals surface area contributed by atoms with Gasteiger partial charge in [-0.05, 0) is 48.2 Å². The van der Waals surface area contributed by atoms with Crippen LogP contribution in [0.25, 0.3) is 0 Å². The molecule has 0 saturated carbocycles. The van der Waals surface area contributed by atoms with Crippen molar-refractivity contribution in [2.24, 2.45) is 5.92 Å². The minimum Gasteiger partial charge on any atom is -0.481 e. The molecule has 4 rings (SSSR count). The van der Waals surface area contributed by atoms with Crippen LogP contribution in [0.3, 0.4) is 0 Å². The lowest BCUT2D eigenvalue weighted by Gasteiger charge is -2.17. The number of thioether (sulfide) groups is 1. The Labute approximate surface area is 161 Å². The number of hydrogen-bond donors (Lipinski definition) is 1. The molecule has 1 fully saturated rings. The van der Waals surface area contributed by atoms with Crippen LogP contribution in [-0.4, -0.2) is 48.0 Å². The first-order chi connectivity index (χ1) is 13.1. The molecule has 0 spiro atoms. The standard InChI is InChI=1S/C20H19NO5S/c1-27-14-5-2-12(3-6-14)19(22)21-9-15(16(10-21)20(23)24)13-4-7-17-18(8-13)26-11-25-17/h2-8,15-16H,9-11H2,1H3,(H,23,24)/t15-,16+/m0/s1. The van der Waals surface area contributed by atoms with Gasteiger partial charge in [0.25, 0.3) is 5.91 Å². The van der Waals surface area contributed by atoms with Gasteiger partial charge in [0.15, 0.2) is 11.5 Å². The van der Waals surface area contributed by atoms with Crippen molar-refractivity contribution < 1.29 is 24.2 Å². The largest absolute Gasteiger partial charge is 0.481 e. The summed E-state index contributed by atoms with van der Waals surface area (Å²) in [6.45, 7) is 0.722. The molecule has 140 valence electrons. The van der Waals surface area contributed by atoms with Crippen LogP contribution in [-0.2, 0) is 4.79 Å². The Hall–Kier alpha value is -2.67. The summed E-state index contributed by atoms with van der Waals surface area (Å²) in [6.07, 6.45) is 1.98. The lowest BCUT2D eigenvalue weighted by Crippen LogP contribution is -2.29. The smallest absolute Gasteiger partial charge is 0.308 e. The predicted octanol–water partition coefficient (Wildman–Crippen LogP) is 3.08. The second-order valence-electron chi connectivity index (χ2n) is 6.60. The number of ether oxygens (including phenoxy) is 2. The molecule has 1 N–H and O–H groups in total. The fraction of sp³-hybridized carbons (Fsp3) is 0.300. The first-order valence-electron chi connectivity index (χ1n) is 8.62. The van der Waals surface area contributed by atoms with E-state index in [1.54, 1.807) is 34.9 Å². The number of fused-ring (bicyclic) bond motifs is 1. The van der Waals surface area contributed by atoms with Crippen molar-refractivity contribution in [1.29, 1.82) is 0 Å². The van der Waals surface area contributed by atoms with Crippen LogP contribution in [0.1, 0.15) is 21.8 Å². The van der Waals surface area contributed by atoms with Crippen LogP contribution in [0.2, 0.25) is 0 Å². The molecule has 2 aliphatic rings. The van der Waals surface area contributed by atoms with Crippen molar-refractivity contribution in [3.05, 3.63) is 53.6 Å². The highest BCUT2D eigenvalue weighted by Crippen LogP contribution is 2.39. The molecular formula is C20H19NO5S. The molecule has 0 aromatic heterocycles. The Balaban J connectivity index is 1.58. The molecule has 0 radical (unpaired) electrons. The van der Waals surface area contributed by atoms with Gasteiger partial charge in [-0.25, -0.2) is 0 Å². The monoisotopic (exact) mass is 385 g/mol. The van der Waals surface area contributed by atoms with Gasteiger partial charge < -0.3 is 19.5 Å². The zero-order chi connectivity index (χ0) is 19.0. The van der Waals surface area contributed by atoms with Gasteiger partial charge >= 0.3 is 5.97 Å². The molecule has 2 atom stereocenters. The van der Waals surface area contributed by atoms with Gasteiger partial charge in [-0.2, -0.15) is 0 Å². The Morgan fingerprint density at radius 3 is 2.52 bits per heavy atom. The summed E-state index contributed by atoms with van der Waals surface area (Å²) in [5, 5.41) is 9.68. The Bertz CT molecular complexity index is 882. The van der Waals surface area contributed by atoms with Crippen LogP contribution in [0, 0.1) is 5.92 Å². The van der Waals surface area contributed by atoms with Crippen molar-refractivity contribution in [3.8, 4) is 11.5 Å². The topological polar surface area (TPSA) is 76.1 Å². The lowest BCUT2D eigenvalue weighted by atomic mass is 9.89. The van der Waals surface area contributed by atoms with Crippen molar-refractivity contribution in [2.45, 2.75) is 10.8 Å². The highest BCUT2D eigenvalue weighted by Gasteiger charge is 2.41. The van der Waals surface area contributed by atoms with E-state index in [0.29, 0.717) is 23.6 Å². The van der Waals surface area contributed by atoms with Crippen molar-refractivity contribution in [1.82, 2.24) is 4.90 Å². The van der Waals surface area contributed by atoms with E-state index in [2.05, 4.69) is 0 Å². The van der Waals surface area contributed by atoms with E-state index in [9.17, 15) is 14.7 Å². The molecule has 2 heterocycles. The van der Waals surface area contributed by atoms with E-state index in [-0.39, 0.29) is 25.2 Å². The third-order valence-corrected chi connectivity index (χ3v) is 5.83. The number of likely N-dealkylation sites (tertiary alicyclic amines) is 1. The van der Waals surface area contributed by atoms with Gasteiger partial charge in [0, 0.05) is 29.5 Å². The van der Waals surface area contributed by atoms with E-state index < -0.39 is 11.9 Å². The Morgan fingerprint density at radius 1 is 1.07 bits per heavy atom. The van der Waals surface area contributed by atoms with Gasteiger partial charge in [-0.3, -0.25) is 9.59 Å². The number of nitrogens with zero attached hydrogens (tertiary/aromatic N) is 1. The average Bonchev–Trinajstić information content (AvgIpc) is 3.34. The third kappa shape index (κ3) is 3.35. The highest BCUT2D eigenvalue weighted by molar-refractivity contribution is 7.98. The first-order valence-corrected chi connectivity index (χ1v) is 9.85. The predicted molar refractivity (Wildman–Crippen MR) is 101 cm³/mol. The summed E-state index contributed by atoms with van der Waals surface area (Å²) in [5.41, 5.74) is 1.42. The fourth-order valence-corrected chi connectivity index (χ4v) is 4.03. The van der Waals surface area contributed by atoms with Gasteiger partial charge in [-0.15, -0.1) is 11.8 Å². The Morgan fingerprint density at radius 2 is 1.81 bits per heavy atom. The van der Waals surface area contributed by atoms with Crippen LogP contribution in [0.5, 0.6) is 11.5 Å². The Kier molecular flexibility index (Phi) is 4.70. The molecule has 7 heteroatoms. The SMILES string of the molecule is CSc1ccc(C(=O)N2C[C@@H](C(=O)O)[C@H](c3ccc4c(c3)OCO4)C2)cc1. The summed E-state index contributed by atoms with van der Waals surface area (Å²) in [5.74, 6) is -0.700. The van der Waals surface area contributed by atoms with Crippen LogP contribution in [0.15, 0.2) is 47.4 Å². The fourth-order valence-electron chi connectivity index (χ4n) is 3.62. The minimum absolute atomic E-state index is 0.142. The van der Waals surface area contributed by atoms with Gasteiger partial charge in [0.2, 0.25) is 6.79 Å². The summed E-state index contributed by atoms with van der Waals surface area (Å²) in [7, 11) is 0. The summed E-state index contributed by atoms with van der Waals surface area (Å²) >= 11 is 1.61. The zero-order valence-electron chi connectivity index (χ0n) is 14.8. The summed E-state index contributed by atoms with van der Waals surface area (Å²) in [6, 6.07) is 12.9. The highest BCUT2D eigenvalue weighted by atomic mass is 32.2. The van der Waals surface area contributed by atoms with Crippen molar-refractivity contribution in [3.63, 3.8) is 0 Å². The molecular weight excluding hydrogens is 366 g/mol. The quantitative estimate of drug-likeness (QED) is 0.815.